The molecule has 0 bridgehead atoms. The second-order valence-electron chi connectivity index (χ2n) is 3.82. The van der Waals surface area contributed by atoms with E-state index in [0.717, 1.165) is 0 Å². The summed E-state index contributed by atoms with van der Waals surface area (Å²) >= 11 is 0. The number of nitriles is 1. The summed E-state index contributed by atoms with van der Waals surface area (Å²) in [5, 5.41) is 16.5. The van der Waals surface area contributed by atoms with E-state index in [2.05, 4.69) is 15.2 Å². The Morgan fingerprint density at radius 2 is 2.21 bits per heavy atom. The Bertz CT molecular complexity index is 381. The molecule has 0 saturated carbocycles. The van der Waals surface area contributed by atoms with Crippen molar-refractivity contribution in [3.05, 3.63) is 11.6 Å². The van der Waals surface area contributed by atoms with Crippen LogP contribution in [0.1, 0.15) is 37.2 Å². The van der Waals surface area contributed by atoms with Crippen molar-refractivity contribution in [1.29, 1.82) is 5.26 Å². The highest BCUT2D eigenvalue weighted by Gasteiger charge is 2.20. The van der Waals surface area contributed by atoms with Gasteiger partial charge in [0.15, 0.2) is 6.19 Å². The molecule has 0 aliphatic heterocycles. The van der Waals surface area contributed by atoms with Crippen LogP contribution in [-0.4, -0.2) is 21.1 Å². The van der Waals surface area contributed by atoms with Crippen LogP contribution in [0.5, 0.6) is 0 Å². The number of hydrogen-bond donors (Lipinski definition) is 2. The minimum absolute atomic E-state index is 0.0172. The second kappa shape index (κ2) is 3.46. The Morgan fingerprint density at radius 1 is 1.57 bits per heavy atom. The Kier molecular flexibility index (Phi) is 2.51. The highest BCUT2D eigenvalue weighted by Crippen LogP contribution is 2.16. The number of amides is 1. The molecule has 74 valence electrons. The van der Waals surface area contributed by atoms with Crippen molar-refractivity contribution in [2.24, 2.45) is 0 Å². The average molecular weight is 193 g/mol. The van der Waals surface area contributed by atoms with Gasteiger partial charge >= 0.3 is 5.91 Å². The van der Waals surface area contributed by atoms with Crippen LogP contribution >= 0.6 is 0 Å². The molecule has 0 unspecified atom stereocenters. The summed E-state index contributed by atoms with van der Waals surface area (Å²) in [6, 6.07) is 0. The molecule has 1 amide bonds. The number of carbonyl (C=O) groups is 1. The Hall–Kier alpha value is -1.90. The van der Waals surface area contributed by atoms with Crippen molar-refractivity contribution in [3.8, 4) is 6.19 Å². The van der Waals surface area contributed by atoms with Crippen LogP contribution in [0.25, 0.3) is 0 Å². The number of nitrogens with one attached hydrogen (secondary N) is 2. The van der Waals surface area contributed by atoms with Crippen LogP contribution in [0, 0.1) is 11.5 Å². The van der Waals surface area contributed by atoms with Crippen molar-refractivity contribution < 1.29 is 4.79 Å². The summed E-state index contributed by atoms with van der Waals surface area (Å²) in [5.41, 5.74) is -0.196. The van der Waals surface area contributed by atoms with Gasteiger partial charge in [-0.1, -0.05) is 20.8 Å². The van der Waals surface area contributed by atoms with Gasteiger partial charge in [0.25, 0.3) is 0 Å². The van der Waals surface area contributed by atoms with Gasteiger partial charge in [0, 0.05) is 5.41 Å². The standard InChI is InChI=1S/C8H11N5O/c1-8(2,3)7-11-5(12-13-7)6(14)10-4-9/h1-3H3,(H,10,14)(H,11,12,13). The van der Waals surface area contributed by atoms with Crippen LogP contribution in [0.15, 0.2) is 0 Å². The maximum absolute atomic E-state index is 11.1. The monoisotopic (exact) mass is 193 g/mol. The number of nitrogens with zero attached hydrogens (tertiary/aromatic N) is 3. The fourth-order valence-corrected chi connectivity index (χ4v) is 0.805. The Morgan fingerprint density at radius 3 is 2.64 bits per heavy atom. The normalized spacial score (nSPS) is 10.7. The highest BCUT2D eigenvalue weighted by molar-refractivity contribution is 5.91. The molecule has 1 heterocycles. The van der Waals surface area contributed by atoms with E-state index < -0.39 is 5.91 Å². The van der Waals surface area contributed by atoms with Gasteiger partial charge in [0.2, 0.25) is 5.82 Å². The number of carbonyl (C=O) groups excluding carboxylic acids is 1. The van der Waals surface area contributed by atoms with Gasteiger partial charge in [-0.2, -0.15) is 5.26 Å². The molecule has 0 fully saturated rings. The SMILES string of the molecule is CC(C)(C)c1nc(C(=O)NC#N)n[nH]1. The molecular weight excluding hydrogens is 182 g/mol. The topological polar surface area (TPSA) is 94.5 Å². The lowest BCUT2D eigenvalue weighted by molar-refractivity contribution is 0.0963. The zero-order chi connectivity index (χ0) is 10.8. The molecule has 0 aliphatic carbocycles. The van der Waals surface area contributed by atoms with Crippen LogP contribution in [0.4, 0.5) is 0 Å². The first-order valence-electron chi connectivity index (χ1n) is 4.07. The number of aromatic nitrogens is 3. The third-order valence-corrected chi connectivity index (χ3v) is 1.57. The molecule has 0 aromatic carbocycles. The van der Waals surface area contributed by atoms with Crippen LogP contribution < -0.4 is 5.32 Å². The summed E-state index contributed by atoms with van der Waals surface area (Å²) in [7, 11) is 0. The summed E-state index contributed by atoms with van der Waals surface area (Å²) in [6.45, 7) is 5.83. The first kappa shape index (κ1) is 10.2. The van der Waals surface area contributed by atoms with Gasteiger partial charge in [-0.3, -0.25) is 15.2 Å². The van der Waals surface area contributed by atoms with Crippen LogP contribution in [0.3, 0.4) is 0 Å². The van der Waals surface area contributed by atoms with Crippen LogP contribution in [0.2, 0.25) is 0 Å². The van der Waals surface area contributed by atoms with Gasteiger partial charge in [-0.25, -0.2) is 4.98 Å². The zero-order valence-corrected chi connectivity index (χ0v) is 8.25. The summed E-state index contributed by atoms with van der Waals surface area (Å²) in [4.78, 5) is 15.1. The van der Waals surface area contributed by atoms with E-state index in [1.807, 2.05) is 26.1 Å². The Balaban J connectivity index is 2.90. The average Bonchev–Trinajstić information content (AvgIpc) is 2.51. The maximum Gasteiger partial charge on any atom is 0.303 e. The van der Waals surface area contributed by atoms with E-state index in [4.69, 9.17) is 5.26 Å². The lowest BCUT2D eigenvalue weighted by Gasteiger charge is -2.12. The molecule has 2 N–H and O–H groups in total. The highest BCUT2D eigenvalue weighted by atomic mass is 16.2. The van der Waals surface area contributed by atoms with Crippen molar-refractivity contribution in [1.82, 2.24) is 20.5 Å². The third kappa shape index (κ3) is 2.07. The van der Waals surface area contributed by atoms with Gasteiger partial charge in [0.1, 0.15) is 5.82 Å². The largest absolute Gasteiger partial charge is 0.303 e. The molecule has 0 radical (unpaired) electrons. The van der Waals surface area contributed by atoms with E-state index in [1.165, 1.54) is 6.19 Å². The molecule has 6 nitrogen and oxygen atoms in total. The van der Waals surface area contributed by atoms with Gasteiger partial charge < -0.3 is 0 Å². The minimum atomic E-state index is -0.598. The second-order valence-corrected chi connectivity index (χ2v) is 3.82. The van der Waals surface area contributed by atoms with E-state index >= 15 is 0 Å². The zero-order valence-electron chi connectivity index (χ0n) is 8.25. The molecule has 14 heavy (non-hydrogen) atoms. The quantitative estimate of drug-likeness (QED) is 0.495. The molecule has 1 rings (SSSR count). The molecule has 6 heteroatoms. The van der Waals surface area contributed by atoms with E-state index in [9.17, 15) is 4.79 Å². The van der Waals surface area contributed by atoms with Gasteiger partial charge in [-0.05, 0) is 0 Å². The van der Waals surface area contributed by atoms with E-state index in [-0.39, 0.29) is 11.2 Å². The third-order valence-electron chi connectivity index (χ3n) is 1.57. The van der Waals surface area contributed by atoms with Crippen molar-refractivity contribution in [3.63, 3.8) is 0 Å². The predicted molar refractivity (Wildman–Crippen MR) is 48.2 cm³/mol. The minimum Gasteiger partial charge on any atom is -0.264 e. The predicted octanol–water partition coefficient (Wildman–Crippen LogP) is 0.313. The van der Waals surface area contributed by atoms with Crippen molar-refractivity contribution in [2.75, 3.05) is 0 Å². The number of hydrogen-bond acceptors (Lipinski definition) is 4. The Labute approximate surface area is 81.3 Å². The van der Waals surface area contributed by atoms with E-state index in [0.29, 0.717) is 5.82 Å². The van der Waals surface area contributed by atoms with Gasteiger partial charge in [0.05, 0.1) is 0 Å². The molecule has 0 saturated heterocycles. The smallest absolute Gasteiger partial charge is 0.264 e. The van der Waals surface area contributed by atoms with Crippen molar-refractivity contribution in [2.45, 2.75) is 26.2 Å². The molecular formula is C8H11N5O. The molecule has 0 atom stereocenters. The lowest BCUT2D eigenvalue weighted by atomic mass is 9.96. The molecule has 1 aromatic heterocycles. The summed E-state index contributed by atoms with van der Waals surface area (Å²) in [6.07, 6.45) is 1.52. The lowest BCUT2D eigenvalue weighted by Crippen LogP contribution is -2.19. The van der Waals surface area contributed by atoms with Gasteiger partial charge in [-0.15, -0.1) is 5.10 Å². The van der Waals surface area contributed by atoms with Crippen LogP contribution in [-0.2, 0) is 5.41 Å². The fourth-order valence-electron chi connectivity index (χ4n) is 0.805. The molecule has 0 aliphatic rings. The number of aromatic amines is 1. The van der Waals surface area contributed by atoms with E-state index in [1.54, 1.807) is 0 Å². The maximum atomic E-state index is 11.1. The first-order valence-corrected chi connectivity index (χ1v) is 4.07. The number of rotatable bonds is 1. The summed E-state index contributed by atoms with van der Waals surface area (Å²) < 4.78 is 0. The van der Waals surface area contributed by atoms with Crippen molar-refractivity contribution >= 4 is 5.91 Å². The fraction of sp³-hybridized carbons (Fsp3) is 0.500. The first-order chi connectivity index (χ1) is 6.45. The summed E-state index contributed by atoms with van der Waals surface area (Å²) in [5.74, 6) is -0.00341. The number of H-pyrrole nitrogens is 1. The molecule has 1 aromatic rings. The molecule has 0 spiro atoms.